The van der Waals surface area contributed by atoms with Crippen molar-refractivity contribution >= 4 is 31.2 Å². The van der Waals surface area contributed by atoms with E-state index in [0.29, 0.717) is 12.3 Å². The number of fused-ring (bicyclic) bond motifs is 5. The fraction of sp³-hybridized carbons (Fsp3) is 0.926. The van der Waals surface area contributed by atoms with Crippen LogP contribution in [0, 0.1) is 46.3 Å². The van der Waals surface area contributed by atoms with Crippen molar-refractivity contribution in [1.29, 1.82) is 0 Å². The summed E-state index contributed by atoms with van der Waals surface area (Å²) in [4.78, 5) is 0. The molecule has 3 unspecified atom stereocenters. The number of hydrogen-bond donors (Lipinski definition) is 0. The molecule has 9 atom stereocenters. The summed E-state index contributed by atoms with van der Waals surface area (Å²) in [7, 11) is -15.2. The molecule has 45 heavy (non-hydrogen) atoms. The monoisotopic (exact) mass is 724 g/mol. The fourth-order valence-corrected chi connectivity index (χ4v) is 10.7. The van der Waals surface area contributed by atoms with Gasteiger partial charge in [0.2, 0.25) is 31.2 Å². The maximum absolute atomic E-state index is 11.5. The molecule has 244 valence electrons. The Balaban J connectivity index is 0.00000337. The Kier molecular flexibility index (Phi) is 17.4. The molecule has 0 bridgehead atoms. The topological polar surface area (TPSA) is 199 Å². The van der Waals surface area contributed by atoms with Gasteiger partial charge in [-0.1, -0.05) is 52.2 Å². The van der Waals surface area contributed by atoms with E-state index in [1.807, 2.05) is 13.0 Å². The summed E-state index contributed by atoms with van der Waals surface area (Å²) in [6.45, 7) is 8.39. The van der Waals surface area contributed by atoms with E-state index in [4.69, 9.17) is 8.37 Å². The van der Waals surface area contributed by atoms with Crippen molar-refractivity contribution in [2.24, 2.45) is 46.3 Å². The van der Waals surface area contributed by atoms with Crippen LogP contribution in [0.15, 0.2) is 11.6 Å². The molecule has 0 aromatic rings. The molecular formula is C27H43Na3O12S3. The van der Waals surface area contributed by atoms with E-state index < -0.39 is 48.8 Å². The average molecular weight is 725 g/mol. The van der Waals surface area contributed by atoms with Crippen LogP contribution in [-0.4, -0.2) is 57.7 Å². The van der Waals surface area contributed by atoms with Gasteiger partial charge in [0.1, 0.15) is 12.2 Å². The standard InChI is InChI=1S/C27H46O12S3.3Na/c1-17(2)6-5-7-18(16-37-40(28,29)30)21-10-11-22-20-9-8-19-14-24(38-41(31,32)33)25(39-42(34,35)36)15-27(19,4)23(20)12-13-26(21,22)3;;;/h8,17-18,20-25H,5-7,9-16H2,1-4H3,(H,28,29,30)(H,31,32,33)(H,34,35,36);;;/q;3*+1/p-3/t18-,20?,21+,22?,23?,24-,25-,26+,27-;;;/m0.../s1. The minimum absolute atomic E-state index is 0. The third-order valence-corrected chi connectivity index (χ3v) is 12.4. The Labute approximate surface area is 336 Å². The van der Waals surface area contributed by atoms with E-state index in [1.165, 1.54) is 0 Å². The van der Waals surface area contributed by atoms with Crippen molar-refractivity contribution in [2.75, 3.05) is 6.61 Å². The van der Waals surface area contributed by atoms with E-state index in [9.17, 15) is 38.9 Å². The molecular weight excluding hydrogens is 681 g/mol. The molecule has 4 aliphatic rings. The zero-order chi connectivity index (χ0) is 31.3. The molecule has 3 fully saturated rings. The Morgan fingerprint density at radius 1 is 0.844 bits per heavy atom. The zero-order valence-electron chi connectivity index (χ0n) is 27.6. The third-order valence-electron chi connectivity index (χ3n) is 11.0. The van der Waals surface area contributed by atoms with Crippen molar-refractivity contribution in [3.05, 3.63) is 11.6 Å². The Morgan fingerprint density at radius 2 is 1.44 bits per heavy atom. The first-order chi connectivity index (χ1) is 19.2. The normalized spacial score (nSPS) is 35.4. The van der Waals surface area contributed by atoms with Crippen LogP contribution in [0.3, 0.4) is 0 Å². The predicted octanol–water partition coefficient (Wildman–Crippen LogP) is -5.20. The summed E-state index contributed by atoms with van der Waals surface area (Å²) >= 11 is 0. The molecule has 0 saturated heterocycles. The number of allylic oxidation sites excluding steroid dienone is 1. The van der Waals surface area contributed by atoms with Gasteiger partial charge in [-0.2, -0.15) is 0 Å². The van der Waals surface area contributed by atoms with Gasteiger partial charge in [-0.25, -0.2) is 25.3 Å². The third kappa shape index (κ3) is 11.4. The van der Waals surface area contributed by atoms with E-state index in [-0.39, 0.29) is 143 Å². The van der Waals surface area contributed by atoms with Crippen LogP contribution in [0.4, 0.5) is 0 Å². The number of hydrogen-bond acceptors (Lipinski definition) is 12. The van der Waals surface area contributed by atoms with E-state index in [2.05, 4.69) is 25.0 Å². The molecule has 0 N–H and O–H groups in total. The summed E-state index contributed by atoms with van der Waals surface area (Å²) < 4.78 is 117. The zero-order valence-corrected chi connectivity index (χ0v) is 36.0. The molecule has 0 aliphatic heterocycles. The van der Waals surface area contributed by atoms with Crippen LogP contribution in [0.1, 0.15) is 91.9 Å². The predicted molar refractivity (Wildman–Crippen MR) is 148 cm³/mol. The molecule has 12 nitrogen and oxygen atoms in total. The maximum Gasteiger partial charge on any atom is 1.00 e. The molecule has 0 aromatic heterocycles. The molecule has 0 spiro atoms. The molecule has 0 amide bonds. The molecule has 18 heteroatoms. The second-order valence-corrected chi connectivity index (χ2v) is 16.8. The fourth-order valence-electron chi connectivity index (χ4n) is 9.32. The largest absolute Gasteiger partial charge is 1.00 e. The van der Waals surface area contributed by atoms with Crippen LogP contribution >= 0.6 is 0 Å². The first-order valence-corrected chi connectivity index (χ1v) is 18.8. The Morgan fingerprint density at radius 3 is 2.00 bits per heavy atom. The molecule has 0 heterocycles. The Bertz CT molecular complexity index is 1360. The summed E-state index contributed by atoms with van der Waals surface area (Å²) in [6.07, 6.45) is 5.98. The first kappa shape index (κ1) is 45.4. The summed E-state index contributed by atoms with van der Waals surface area (Å²) in [5.74, 6) is 1.19. The SMILES string of the molecule is CC(C)CCC[C@@H](COS(=O)(=O)[O-])[C@H]1CCC2C3CC=C4C[C@H](OS(=O)(=O)[O-])[C@@H](OS(=O)(=O)[O-])C[C@]4(C)C3CC[C@@]21C.[Na+].[Na+].[Na+]. The van der Waals surface area contributed by atoms with E-state index >= 15 is 0 Å². The minimum atomic E-state index is -5.20. The van der Waals surface area contributed by atoms with Gasteiger partial charge in [-0.15, -0.1) is 0 Å². The summed E-state index contributed by atoms with van der Waals surface area (Å²) in [5.41, 5.74) is 0.159. The van der Waals surface area contributed by atoms with Gasteiger partial charge in [0.05, 0.1) is 6.61 Å². The quantitative estimate of drug-likeness (QED) is 0.0804. The van der Waals surface area contributed by atoms with Crippen LogP contribution < -0.4 is 88.7 Å². The second-order valence-electron chi connectivity index (χ2n) is 13.8. The molecule has 4 aliphatic carbocycles. The van der Waals surface area contributed by atoms with Gasteiger partial charge in [0.15, 0.2) is 0 Å². The molecule has 0 aromatic carbocycles. The average Bonchev–Trinajstić information content (AvgIpc) is 3.16. The van der Waals surface area contributed by atoms with Gasteiger partial charge in [0, 0.05) is 0 Å². The van der Waals surface area contributed by atoms with Crippen LogP contribution in [0.2, 0.25) is 0 Å². The van der Waals surface area contributed by atoms with E-state index in [1.54, 1.807) is 0 Å². The molecule has 0 radical (unpaired) electrons. The van der Waals surface area contributed by atoms with Gasteiger partial charge in [-0.3, -0.25) is 12.5 Å². The Hall–Kier alpha value is 2.35. The van der Waals surface area contributed by atoms with Crippen LogP contribution in [-0.2, 0) is 43.7 Å². The van der Waals surface area contributed by atoms with Crippen molar-refractivity contribution in [2.45, 2.75) is 104 Å². The van der Waals surface area contributed by atoms with Gasteiger partial charge in [-0.05, 0) is 97.7 Å². The van der Waals surface area contributed by atoms with Crippen molar-refractivity contribution in [3.63, 3.8) is 0 Å². The maximum atomic E-state index is 11.5. The molecule has 3 saturated carbocycles. The smallest absolute Gasteiger partial charge is 0.726 e. The first-order valence-electron chi connectivity index (χ1n) is 14.8. The summed E-state index contributed by atoms with van der Waals surface area (Å²) in [6, 6.07) is 0. The number of rotatable bonds is 12. The van der Waals surface area contributed by atoms with Crippen molar-refractivity contribution in [1.82, 2.24) is 0 Å². The molecule has 4 rings (SSSR count). The van der Waals surface area contributed by atoms with Gasteiger partial charge in [0.25, 0.3) is 0 Å². The second kappa shape index (κ2) is 17.2. The summed E-state index contributed by atoms with van der Waals surface area (Å²) in [5, 5.41) is 0. The minimum Gasteiger partial charge on any atom is -0.726 e. The van der Waals surface area contributed by atoms with Crippen LogP contribution in [0.25, 0.3) is 0 Å². The van der Waals surface area contributed by atoms with Crippen molar-refractivity contribution in [3.8, 4) is 0 Å². The van der Waals surface area contributed by atoms with E-state index in [0.717, 1.165) is 50.5 Å². The van der Waals surface area contributed by atoms with Crippen LogP contribution in [0.5, 0.6) is 0 Å². The van der Waals surface area contributed by atoms with Crippen molar-refractivity contribution < 1.29 is 140 Å². The van der Waals surface area contributed by atoms with Gasteiger partial charge >= 0.3 is 88.7 Å². The van der Waals surface area contributed by atoms with Gasteiger partial charge < -0.3 is 13.7 Å².